The standard InChI is InChI=1S/C14H15Cl2F/c15-8-14(6-10-4-11(10)7-14)5-9-1-2-12(16)13(17)3-9/h1-3,10-11H,4-8H2. The third kappa shape index (κ3) is 2.20. The van der Waals surface area contributed by atoms with Gasteiger partial charge in [-0.15, -0.1) is 11.6 Å². The van der Waals surface area contributed by atoms with Crippen LogP contribution in [-0.4, -0.2) is 5.88 Å². The van der Waals surface area contributed by atoms with Crippen molar-refractivity contribution in [1.82, 2.24) is 0 Å². The Morgan fingerprint density at radius 2 is 2.00 bits per heavy atom. The van der Waals surface area contributed by atoms with Gasteiger partial charge in [0.1, 0.15) is 5.82 Å². The highest BCUT2D eigenvalue weighted by atomic mass is 35.5. The van der Waals surface area contributed by atoms with Gasteiger partial charge in [0, 0.05) is 5.88 Å². The Labute approximate surface area is 111 Å². The molecular formula is C14H15Cl2F. The van der Waals surface area contributed by atoms with Crippen molar-refractivity contribution in [2.75, 3.05) is 5.88 Å². The summed E-state index contributed by atoms with van der Waals surface area (Å²) in [7, 11) is 0. The van der Waals surface area contributed by atoms with Gasteiger partial charge in [0.2, 0.25) is 0 Å². The summed E-state index contributed by atoms with van der Waals surface area (Å²) in [6.45, 7) is 0. The zero-order chi connectivity index (χ0) is 12.0. The first-order valence-corrected chi connectivity index (χ1v) is 7.03. The molecule has 0 bridgehead atoms. The first-order valence-electron chi connectivity index (χ1n) is 6.12. The van der Waals surface area contributed by atoms with Gasteiger partial charge in [-0.25, -0.2) is 4.39 Å². The fourth-order valence-corrected chi connectivity index (χ4v) is 3.82. The molecule has 1 aromatic carbocycles. The van der Waals surface area contributed by atoms with Crippen LogP contribution in [0.4, 0.5) is 4.39 Å². The Balaban J connectivity index is 1.78. The van der Waals surface area contributed by atoms with Crippen molar-refractivity contribution >= 4 is 23.2 Å². The smallest absolute Gasteiger partial charge is 0.142 e. The van der Waals surface area contributed by atoms with Crippen LogP contribution < -0.4 is 0 Å². The molecule has 2 saturated carbocycles. The molecule has 2 aliphatic rings. The van der Waals surface area contributed by atoms with Crippen molar-refractivity contribution in [1.29, 1.82) is 0 Å². The number of hydrogen-bond acceptors (Lipinski definition) is 0. The second-order valence-electron chi connectivity index (χ2n) is 5.72. The van der Waals surface area contributed by atoms with Crippen molar-refractivity contribution in [2.24, 2.45) is 17.3 Å². The van der Waals surface area contributed by atoms with Crippen molar-refractivity contribution < 1.29 is 4.39 Å². The minimum Gasteiger partial charge on any atom is -0.205 e. The largest absolute Gasteiger partial charge is 0.205 e. The maximum Gasteiger partial charge on any atom is 0.142 e. The topological polar surface area (TPSA) is 0 Å². The highest BCUT2D eigenvalue weighted by Gasteiger charge is 2.53. The molecule has 0 amide bonds. The summed E-state index contributed by atoms with van der Waals surface area (Å²) in [5, 5.41) is 0.197. The molecule has 0 radical (unpaired) electrons. The number of alkyl halides is 1. The average molecular weight is 273 g/mol. The Kier molecular flexibility index (Phi) is 2.87. The number of halogens is 3. The number of rotatable bonds is 3. The molecule has 17 heavy (non-hydrogen) atoms. The highest BCUT2D eigenvalue weighted by molar-refractivity contribution is 6.30. The highest BCUT2D eigenvalue weighted by Crippen LogP contribution is 2.61. The lowest BCUT2D eigenvalue weighted by atomic mass is 9.79. The predicted molar refractivity (Wildman–Crippen MR) is 69.1 cm³/mol. The van der Waals surface area contributed by atoms with Crippen LogP contribution in [0.1, 0.15) is 24.8 Å². The molecule has 92 valence electrons. The van der Waals surface area contributed by atoms with E-state index in [0.717, 1.165) is 23.8 Å². The summed E-state index contributed by atoms with van der Waals surface area (Å²) >= 11 is 11.8. The lowest BCUT2D eigenvalue weighted by Gasteiger charge is -2.28. The van der Waals surface area contributed by atoms with Crippen LogP contribution in [0.3, 0.4) is 0 Å². The van der Waals surface area contributed by atoms with Crippen LogP contribution in [0.2, 0.25) is 5.02 Å². The third-order valence-electron chi connectivity index (χ3n) is 4.31. The Morgan fingerprint density at radius 1 is 1.29 bits per heavy atom. The molecule has 0 spiro atoms. The molecule has 0 aliphatic heterocycles. The SMILES string of the molecule is Fc1cc(CC2(CCl)CC3CC3C2)ccc1Cl. The van der Waals surface area contributed by atoms with Crippen molar-refractivity contribution in [2.45, 2.75) is 25.7 Å². The van der Waals surface area contributed by atoms with E-state index < -0.39 is 0 Å². The molecule has 0 aromatic heterocycles. The molecular weight excluding hydrogens is 258 g/mol. The fourth-order valence-electron chi connectivity index (χ4n) is 3.39. The molecule has 3 rings (SSSR count). The summed E-state index contributed by atoms with van der Waals surface area (Å²) in [6.07, 6.45) is 4.70. The van der Waals surface area contributed by atoms with Gasteiger partial charge in [0.05, 0.1) is 5.02 Å². The molecule has 2 aliphatic carbocycles. The lowest BCUT2D eigenvalue weighted by molar-refractivity contribution is 0.303. The first-order chi connectivity index (χ1) is 8.12. The van der Waals surface area contributed by atoms with Gasteiger partial charge in [0.25, 0.3) is 0 Å². The molecule has 2 fully saturated rings. The Hall–Kier alpha value is -0.270. The van der Waals surface area contributed by atoms with Crippen LogP contribution in [0.5, 0.6) is 0 Å². The van der Waals surface area contributed by atoms with Crippen molar-refractivity contribution in [3.05, 3.63) is 34.6 Å². The monoisotopic (exact) mass is 272 g/mol. The summed E-state index contributed by atoms with van der Waals surface area (Å²) in [6, 6.07) is 5.12. The lowest BCUT2D eigenvalue weighted by Crippen LogP contribution is -2.24. The van der Waals surface area contributed by atoms with Gasteiger partial charge in [-0.3, -0.25) is 0 Å². The molecule has 0 heterocycles. The number of benzene rings is 1. The summed E-state index contributed by atoms with van der Waals surface area (Å²) in [5.74, 6) is 2.15. The normalized spacial score (nSPS) is 34.8. The van der Waals surface area contributed by atoms with E-state index in [1.165, 1.54) is 19.3 Å². The third-order valence-corrected chi connectivity index (χ3v) is 5.18. The van der Waals surface area contributed by atoms with Gasteiger partial charge < -0.3 is 0 Å². The van der Waals surface area contributed by atoms with E-state index in [1.54, 1.807) is 12.1 Å². The van der Waals surface area contributed by atoms with E-state index in [0.29, 0.717) is 5.88 Å². The molecule has 2 atom stereocenters. The van der Waals surface area contributed by atoms with Crippen LogP contribution in [0, 0.1) is 23.1 Å². The van der Waals surface area contributed by atoms with E-state index in [2.05, 4.69) is 0 Å². The van der Waals surface area contributed by atoms with E-state index in [1.807, 2.05) is 6.07 Å². The van der Waals surface area contributed by atoms with Gasteiger partial charge in [0.15, 0.2) is 0 Å². The quantitative estimate of drug-likeness (QED) is 0.701. The van der Waals surface area contributed by atoms with E-state index in [-0.39, 0.29) is 16.3 Å². The zero-order valence-electron chi connectivity index (χ0n) is 9.56. The Bertz CT molecular complexity index is 434. The molecule has 0 saturated heterocycles. The Morgan fingerprint density at radius 3 is 2.59 bits per heavy atom. The summed E-state index contributed by atoms with van der Waals surface area (Å²) in [5.41, 5.74) is 1.23. The van der Waals surface area contributed by atoms with Crippen LogP contribution >= 0.6 is 23.2 Å². The second-order valence-corrected chi connectivity index (χ2v) is 6.40. The molecule has 1 aromatic rings. The molecule has 0 nitrogen and oxygen atoms in total. The van der Waals surface area contributed by atoms with E-state index in [4.69, 9.17) is 23.2 Å². The minimum absolute atomic E-state index is 0.197. The maximum absolute atomic E-state index is 13.4. The van der Waals surface area contributed by atoms with Crippen molar-refractivity contribution in [3.63, 3.8) is 0 Å². The van der Waals surface area contributed by atoms with E-state index in [9.17, 15) is 4.39 Å². The predicted octanol–water partition coefficient (Wildman–Crippen LogP) is 4.68. The summed E-state index contributed by atoms with van der Waals surface area (Å²) < 4.78 is 13.4. The average Bonchev–Trinajstić information content (AvgIpc) is 2.93. The number of hydrogen-bond donors (Lipinski definition) is 0. The molecule has 0 N–H and O–H groups in total. The van der Waals surface area contributed by atoms with E-state index >= 15 is 0 Å². The van der Waals surface area contributed by atoms with Gasteiger partial charge in [-0.05, 0) is 60.6 Å². The second kappa shape index (κ2) is 4.13. The van der Waals surface area contributed by atoms with Crippen LogP contribution in [0.15, 0.2) is 18.2 Å². The van der Waals surface area contributed by atoms with Gasteiger partial charge >= 0.3 is 0 Å². The van der Waals surface area contributed by atoms with Gasteiger partial charge in [-0.2, -0.15) is 0 Å². The first kappa shape index (κ1) is 11.8. The zero-order valence-corrected chi connectivity index (χ0v) is 11.1. The summed E-state index contributed by atoms with van der Waals surface area (Å²) in [4.78, 5) is 0. The van der Waals surface area contributed by atoms with Gasteiger partial charge in [-0.1, -0.05) is 17.7 Å². The number of fused-ring (bicyclic) bond motifs is 1. The van der Waals surface area contributed by atoms with Crippen LogP contribution in [0.25, 0.3) is 0 Å². The molecule has 3 heteroatoms. The molecule has 2 unspecified atom stereocenters. The maximum atomic E-state index is 13.4. The fraction of sp³-hybridized carbons (Fsp3) is 0.571. The minimum atomic E-state index is -0.322. The van der Waals surface area contributed by atoms with Crippen LogP contribution in [-0.2, 0) is 6.42 Å². The van der Waals surface area contributed by atoms with Crippen molar-refractivity contribution in [3.8, 4) is 0 Å².